The Morgan fingerprint density at radius 3 is 2.16 bits per heavy atom. The highest BCUT2D eigenvalue weighted by atomic mass is 16.5. The summed E-state index contributed by atoms with van der Waals surface area (Å²) in [5.74, 6) is 0.444. The van der Waals surface area contributed by atoms with Crippen molar-refractivity contribution in [1.29, 1.82) is 0 Å². The predicted molar refractivity (Wildman–Crippen MR) is 71.6 cm³/mol. The van der Waals surface area contributed by atoms with E-state index in [4.69, 9.17) is 9.47 Å². The Labute approximate surface area is 111 Å². The molecule has 0 saturated carbocycles. The zero-order valence-electron chi connectivity index (χ0n) is 11.0. The lowest BCUT2D eigenvalue weighted by molar-refractivity contribution is 0.341. The number of ether oxygens (including phenoxy) is 2. The van der Waals surface area contributed by atoms with Crippen LogP contribution < -0.4 is 14.8 Å². The van der Waals surface area contributed by atoms with Gasteiger partial charge in [-0.1, -0.05) is 30.3 Å². The number of rotatable bonds is 6. The molecule has 6 heteroatoms. The standard InChI is InChI=1S/C13H16N4O2/c1-18-12-15-11(16-13(17-12)19-2)14-9-8-10-6-4-3-5-7-10/h3-7H,8-9H2,1-2H3,(H,14,15,16,17). The normalized spacial score (nSPS) is 10.0. The van der Waals surface area contributed by atoms with Crippen molar-refractivity contribution in [3.63, 3.8) is 0 Å². The van der Waals surface area contributed by atoms with Gasteiger partial charge in [-0.25, -0.2) is 0 Å². The van der Waals surface area contributed by atoms with Crippen LogP contribution >= 0.6 is 0 Å². The van der Waals surface area contributed by atoms with Crippen molar-refractivity contribution in [3.05, 3.63) is 35.9 Å². The fourth-order valence-electron chi connectivity index (χ4n) is 1.56. The van der Waals surface area contributed by atoms with Gasteiger partial charge in [0.15, 0.2) is 0 Å². The quantitative estimate of drug-likeness (QED) is 0.849. The van der Waals surface area contributed by atoms with Crippen LogP contribution in [-0.2, 0) is 6.42 Å². The molecule has 0 fully saturated rings. The third kappa shape index (κ3) is 3.80. The fourth-order valence-corrected chi connectivity index (χ4v) is 1.56. The summed E-state index contributed by atoms with van der Waals surface area (Å²) in [6, 6.07) is 10.7. The Bertz CT molecular complexity index is 497. The topological polar surface area (TPSA) is 69.2 Å². The first-order valence-corrected chi connectivity index (χ1v) is 5.93. The number of nitrogens with zero attached hydrogens (tertiary/aromatic N) is 3. The van der Waals surface area contributed by atoms with Gasteiger partial charge >= 0.3 is 12.0 Å². The van der Waals surface area contributed by atoms with Crippen molar-refractivity contribution in [2.45, 2.75) is 6.42 Å². The van der Waals surface area contributed by atoms with Crippen LogP contribution in [0.4, 0.5) is 5.95 Å². The van der Waals surface area contributed by atoms with Gasteiger partial charge in [0.2, 0.25) is 5.95 Å². The minimum Gasteiger partial charge on any atom is -0.467 e. The Kier molecular flexibility index (Phi) is 4.49. The van der Waals surface area contributed by atoms with Gasteiger partial charge in [0.25, 0.3) is 0 Å². The number of nitrogens with one attached hydrogen (secondary N) is 1. The van der Waals surface area contributed by atoms with E-state index in [-0.39, 0.29) is 12.0 Å². The molecule has 0 aliphatic rings. The highest BCUT2D eigenvalue weighted by Crippen LogP contribution is 2.12. The number of methoxy groups -OCH3 is 2. The van der Waals surface area contributed by atoms with Gasteiger partial charge in [-0.2, -0.15) is 9.97 Å². The zero-order valence-corrected chi connectivity index (χ0v) is 11.0. The summed E-state index contributed by atoms with van der Waals surface area (Å²) < 4.78 is 9.96. The van der Waals surface area contributed by atoms with Crippen molar-refractivity contribution >= 4 is 5.95 Å². The van der Waals surface area contributed by atoms with Crippen LogP contribution in [0.5, 0.6) is 12.0 Å². The van der Waals surface area contributed by atoms with Crippen LogP contribution in [0.15, 0.2) is 30.3 Å². The number of hydrogen-bond donors (Lipinski definition) is 1. The van der Waals surface area contributed by atoms with Gasteiger partial charge in [0.1, 0.15) is 0 Å². The average Bonchev–Trinajstić information content (AvgIpc) is 2.48. The summed E-state index contributed by atoms with van der Waals surface area (Å²) in [6.07, 6.45) is 0.886. The zero-order chi connectivity index (χ0) is 13.5. The number of benzene rings is 1. The lowest BCUT2D eigenvalue weighted by Gasteiger charge is -2.07. The van der Waals surface area contributed by atoms with Crippen molar-refractivity contribution < 1.29 is 9.47 Å². The second-order valence-corrected chi connectivity index (χ2v) is 3.79. The van der Waals surface area contributed by atoms with E-state index >= 15 is 0 Å². The molecule has 2 aromatic rings. The Morgan fingerprint density at radius 1 is 0.947 bits per heavy atom. The average molecular weight is 260 g/mol. The van der Waals surface area contributed by atoms with E-state index in [1.54, 1.807) is 0 Å². The first-order valence-electron chi connectivity index (χ1n) is 5.93. The van der Waals surface area contributed by atoms with E-state index < -0.39 is 0 Å². The highest BCUT2D eigenvalue weighted by molar-refractivity contribution is 5.28. The Hall–Kier alpha value is -2.37. The molecule has 2 rings (SSSR count). The van der Waals surface area contributed by atoms with Gasteiger partial charge in [-0.05, 0) is 12.0 Å². The monoisotopic (exact) mass is 260 g/mol. The largest absolute Gasteiger partial charge is 0.467 e. The molecule has 100 valence electrons. The summed E-state index contributed by atoms with van der Waals surface area (Å²) in [6.45, 7) is 0.723. The van der Waals surface area contributed by atoms with E-state index in [1.807, 2.05) is 18.2 Å². The van der Waals surface area contributed by atoms with Crippen LogP contribution in [0.3, 0.4) is 0 Å². The SMILES string of the molecule is COc1nc(NCCc2ccccc2)nc(OC)n1. The molecule has 0 aliphatic carbocycles. The molecule has 1 heterocycles. The Morgan fingerprint density at radius 2 is 1.58 bits per heavy atom. The van der Waals surface area contributed by atoms with Crippen LogP contribution in [-0.4, -0.2) is 35.7 Å². The van der Waals surface area contributed by atoms with Gasteiger partial charge in [-0.3, -0.25) is 0 Å². The molecule has 1 aromatic heterocycles. The molecule has 1 aromatic carbocycles. The summed E-state index contributed by atoms with van der Waals surface area (Å²) in [4.78, 5) is 12.1. The van der Waals surface area contributed by atoms with Gasteiger partial charge < -0.3 is 14.8 Å². The maximum atomic E-state index is 4.98. The number of hydrogen-bond acceptors (Lipinski definition) is 6. The first-order chi connectivity index (χ1) is 9.31. The van der Waals surface area contributed by atoms with Gasteiger partial charge in [0.05, 0.1) is 14.2 Å². The van der Waals surface area contributed by atoms with Gasteiger partial charge in [0, 0.05) is 6.54 Å². The molecule has 0 spiro atoms. The fraction of sp³-hybridized carbons (Fsp3) is 0.308. The van der Waals surface area contributed by atoms with Crippen LogP contribution in [0.25, 0.3) is 0 Å². The Balaban J connectivity index is 1.95. The molecule has 0 atom stereocenters. The summed E-state index contributed by atoms with van der Waals surface area (Å²) in [5, 5.41) is 3.12. The molecule has 0 saturated heterocycles. The van der Waals surface area contributed by atoms with Crippen LogP contribution in [0, 0.1) is 0 Å². The van der Waals surface area contributed by atoms with E-state index in [2.05, 4.69) is 32.4 Å². The van der Waals surface area contributed by atoms with E-state index in [0.29, 0.717) is 5.95 Å². The first kappa shape index (κ1) is 13.1. The number of aromatic nitrogens is 3. The maximum Gasteiger partial charge on any atom is 0.324 e. The van der Waals surface area contributed by atoms with Crippen LogP contribution in [0.1, 0.15) is 5.56 Å². The summed E-state index contributed by atoms with van der Waals surface area (Å²) >= 11 is 0. The molecule has 0 radical (unpaired) electrons. The molecule has 0 amide bonds. The van der Waals surface area contributed by atoms with Crippen LogP contribution in [0.2, 0.25) is 0 Å². The second kappa shape index (κ2) is 6.53. The smallest absolute Gasteiger partial charge is 0.324 e. The molecular weight excluding hydrogens is 244 g/mol. The van der Waals surface area contributed by atoms with Crippen molar-refractivity contribution in [1.82, 2.24) is 15.0 Å². The molecule has 0 aliphatic heterocycles. The lowest BCUT2D eigenvalue weighted by atomic mass is 10.1. The van der Waals surface area contributed by atoms with E-state index in [0.717, 1.165) is 13.0 Å². The molecule has 0 bridgehead atoms. The van der Waals surface area contributed by atoms with Crippen molar-refractivity contribution in [2.24, 2.45) is 0 Å². The summed E-state index contributed by atoms with van der Waals surface area (Å²) in [5.41, 5.74) is 1.25. The predicted octanol–water partition coefficient (Wildman–Crippen LogP) is 1.54. The molecule has 19 heavy (non-hydrogen) atoms. The third-order valence-electron chi connectivity index (χ3n) is 2.50. The third-order valence-corrected chi connectivity index (χ3v) is 2.50. The van der Waals surface area contributed by atoms with E-state index in [9.17, 15) is 0 Å². The molecule has 1 N–H and O–H groups in total. The van der Waals surface area contributed by atoms with Crippen molar-refractivity contribution in [2.75, 3.05) is 26.1 Å². The van der Waals surface area contributed by atoms with Gasteiger partial charge in [-0.15, -0.1) is 4.98 Å². The van der Waals surface area contributed by atoms with Crippen molar-refractivity contribution in [3.8, 4) is 12.0 Å². The summed E-state index contributed by atoms with van der Waals surface area (Å²) in [7, 11) is 3.01. The minimum absolute atomic E-state index is 0.231. The maximum absolute atomic E-state index is 4.98. The number of anilines is 1. The minimum atomic E-state index is 0.231. The second-order valence-electron chi connectivity index (χ2n) is 3.79. The molecule has 0 unspecified atom stereocenters. The van der Waals surface area contributed by atoms with E-state index in [1.165, 1.54) is 19.8 Å². The molecular formula is C13H16N4O2. The molecule has 6 nitrogen and oxygen atoms in total. The highest BCUT2D eigenvalue weighted by Gasteiger charge is 2.06. The lowest BCUT2D eigenvalue weighted by Crippen LogP contribution is -2.10.